The fourth-order valence-corrected chi connectivity index (χ4v) is 2.41. The van der Waals surface area contributed by atoms with E-state index in [0.717, 1.165) is 17.2 Å². The van der Waals surface area contributed by atoms with E-state index in [0.29, 0.717) is 17.8 Å². The Morgan fingerprint density at radius 2 is 2.28 bits per heavy atom. The van der Waals surface area contributed by atoms with Gasteiger partial charge in [-0.2, -0.15) is 5.10 Å². The molecule has 0 bridgehead atoms. The van der Waals surface area contributed by atoms with Crippen LogP contribution in [0, 0.1) is 6.92 Å². The van der Waals surface area contributed by atoms with Gasteiger partial charge in [0.05, 0.1) is 17.0 Å². The smallest absolute Gasteiger partial charge is 0.276 e. The average Bonchev–Trinajstić information content (AvgIpc) is 2.82. The highest BCUT2D eigenvalue weighted by atomic mass is 32.1. The number of hydrogen-bond acceptors (Lipinski definition) is 5. The molecule has 0 aliphatic rings. The lowest BCUT2D eigenvalue weighted by atomic mass is 10.2. The van der Waals surface area contributed by atoms with E-state index in [9.17, 15) is 4.79 Å². The SMILES string of the molecule is CCCn1nc(C)cc(-c2csc(NC)n2)c1=O. The Kier molecular flexibility index (Phi) is 3.76. The second-order valence-corrected chi connectivity index (χ2v) is 4.87. The van der Waals surface area contributed by atoms with E-state index in [1.54, 1.807) is 6.07 Å². The summed E-state index contributed by atoms with van der Waals surface area (Å²) in [5.74, 6) is 0. The number of nitrogens with one attached hydrogen (secondary N) is 1. The van der Waals surface area contributed by atoms with E-state index in [-0.39, 0.29) is 5.56 Å². The zero-order valence-corrected chi connectivity index (χ0v) is 11.5. The zero-order valence-electron chi connectivity index (χ0n) is 10.7. The van der Waals surface area contributed by atoms with Crippen molar-refractivity contribution in [2.24, 2.45) is 0 Å². The summed E-state index contributed by atoms with van der Waals surface area (Å²) in [6.07, 6.45) is 0.884. The molecule has 0 unspecified atom stereocenters. The Morgan fingerprint density at radius 3 is 2.89 bits per heavy atom. The summed E-state index contributed by atoms with van der Waals surface area (Å²) in [5, 5.41) is 9.91. The highest BCUT2D eigenvalue weighted by Gasteiger charge is 2.11. The number of rotatable bonds is 4. The Balaban J connectivity index is 2.53. The van der Waals surface area contributed by atoms with E-state index >= 15 is 0 Å². The van der Waals surface area contributed by atoms with Gasteiger partial charge in [0.2, 0.25) is 0 Å². The molecule has 2 aromatic rings. The molecule has 0 aromatic carbocycles. The monoisotopic (exact) mass is 264 g/mol. The van der Waals surface area contributed by atoms with Crippen LogP contribution in [0.5, 0.6) is 0 Å². The summed E-state index contributed by atoms with van der Waals surface area (Å²) in [4.78, 5) is 16.6. The second-order valence-electron chi connectivity index (χ2n) is 4.02. The van der Waals surface area contributed by atoms with Crippen LogP contribution in [0.3, 0.4) is 0 Å². The maximum Gasteiger partial charge on any atom is 0.276 e. The second kappa shape index (κ2) is 5.30. The van der Waals surface area contributed by atoms with Crippen LogP contribution in [0.15, 0.2) is 16.2 Å². The Bertz CT molecular complexity index is 602. The molecule has 5 nitrogen and oxygen atoms in total. The van der Waals surface area contributed by atoms with Crippen LogP contribution in [0.2, 0.25) is 0 Å². The third kappa shape index (κ3) is 2.43. The molecule has 1 N–H and O–H groups in total. The fourth-order valence-electron chi connectivity index (χ4n) is 1.73. The molecule has 2 aromatic heterocycles. The van der Waals surface area contributed by atoms with Crippen LogP contribution >= 0.6 is 11.3 Å². The lowest BCUT2D eigenvalue weighted by Gasteiger charge is -2.06. The van der Waals surface area contributed by atoms with Gasteiger partial charge in [-0.25, -0.2) is 9.67 Å². The van der Waals surface area contributed by atoms with Crippen molar-refractivity contribution in [2.75, 3.05) is 12.4 Å². The highest BCUT2D eigenvalue weighted by molar-refractivity contribution is 7.14. The molecule has 2 heterocycles. The molecule has 0 aliphatic heterocycles. The minimum atomic E-state index is -0.0737. The van der Waals surface area contributed by atoms with Crippen LogP contribution < -0.4 is 10.9 Å². The number of aryl methyl sites for hydroxylation is 2. The molecule has 0 fully saturated rings. The van der Waals surface area contributed by atoms with Crippen LogP contribution in [0.25, 0.3) is 11.3 Å². The van der Waals surface area contributed by atoms with Gasteiger partial charge in [0.1, 0.15) is 0 Å². The van der Waals surface area contributed by atoms with Crippen LogP contribution in [-0.2, 0) is 6.54 Å². The van der Waals surface area contributed by atoms with Gasteiger partial charge < -0.3 is 5.32 Å². The van der Waals surface area contributed by atoms with E-state index < -0.39 is 0 Å². The van der Waals surface area contributed by atoms with Crippen LogP contribution in [0.1, 0.15) is 19.0 Å². The third-order valence-electron chi connectivity index (χ3n) is 2.53. The first-order valence-corrected chi connectivity index (χ1v) is 6.76. The minimum absolute atomic E-state index is 0.0737. The van der Waals surface area contributed by atoms with E-state index in [4.69, 9.17) is 0 Å². The maximum atomic E-state index is 12.3. The first-order valence-electron chi connectivity index (χ1n) is 5.88. The van der Waals surface area contributed by atoms with Crippen molar-refractivity contribution in [1.82, 2.24) is 14.8 Å². The van der Waals surface area contributed by atoms with E-state index in [2.05, 4.69) is 15.4 Å². The molecule has 18 heavy (non-hydrogen) atoms. The summed E-state index contributed by atoms with van der Waals surface area (Å²) < 4.78 is 1.52. The Hall–Kier alpha value is -1.69. The van der Waals surface area contributed by atoms with Gasteiger partial charge in [0.15, 0.2) is 5.13 Å². The molecule has 6 heteroatoms. The molecule has 0 aliphatic carbocycles. The molecular weight excluding hydrogens is 248 g/mol. The quantitative estimate of drug-likeness (QED) is 0.919. The summed E-state index contributed by atoms with van der Waals surface area (Å²) in [6, 6.07) is 1.79. The van der Waals surface area contributed by atoms with Gasteiger partial charge in [-0.1, -0.05) is 6.92 Å². The van der Waals surface area contributed by atoms with Gasteiger partial charge >= 0.3 is 0 Å². The number of aromatic nitrogens is 3. The molecule has 0 saturated carbocycles. The predicted molar refractivity (Wildman–Crippen MR) is 74.2 cm³/mol. The first kappa shape index (κ1) is 12.8. The highest BCUT2D eigenvalue weighted by Crippen LogP contribution is 2.22. The predicted octanol–water partition coefficient (Wildman–Crippen LogP) is 2.13. The largest absolute Gasteiger partial charge is 0.365 e. The van der Waals surface area contributed by atoms with Crippen molar-refractivity contribution in [3.63, 3.8) is 0 Å². The third-order valence-corrected chi connectivity index (χ3v) is 3.39. The summed E-state index contributed by atoms with van der Waals surface area (Å²) in [6.45, 7) is 4.55. The van der Waals surface area contributed by atoms with Crippen molar-refractivity contribution < 1.29 is 0 Å². The Labute approximate surface area is 110 Å². The van der Waals surface area contributed by atoms with Crippen molar-refractivity contribution in [3.8, 4) is 11.3 Å². The van der Waals surface area contributed by atoms with Crippen molar-refractivity contribution in [3.05, 3.63) is 27.5 Å². The van der Waals surface area contributed by atoms with E-state index in [1.807, 2.05) is 26.3 Å². The standard InChI is InChI=1S/C12H16N4OS/c1-4-5-16-11(17)9(6-8(2)15-16)10-7-18-12(13-3)14-10/h6-7H,4-5H2,1-3H3,(H,13,14). The number of thiazole rings is 1. The molecule has 0 spiro atoms. The number of nitrogens with zero attached hydrogens (tertiary/aromatic N) is 3. The molecule has 0 saturated heterocycles. The average molecular weight is 264 g/mol. The van der Waals surface area contributed by atoms with Crippen molar-refractivity contribution in [2.45, 2.75) is 26.8 Å². The van der Waals surface area contributed by atoms with Crippen molar-refractivity contribution in [1.29, 1.82) is 0 Å². The van der Waals surface area contributed by atoms with Gasteiger partial charge in [-0.15, -0.1) is 11.3 Å². The normalized spacial score (nSPS) is 10.6. The van der Waals surface area contributed by atoms with Gasteiger partial charge in [-0.05, 0) is 19.4 Å². The van der Waals surface area contributed by atoms with Crippen molar-refractivity contribution >= 4 is 16.5 Å². The van der Waals surface area contributed by atoms with Crippen LogP contribution in [-0.4, -0.2) is 21.8 Å². The first-order chi connectivity index (χ1) is 8.65. The molecule has 0 atom stereocenters. The molecule has 2 rings (SSSR count). The Morgan fingerprint density at radius 1 is 1.50 bits per heavy atom. The van der Waals surface area contributed by atoms with Gasteiger partial charge in [-0.3, -0.25) is 4.79 Å². The summed E-state index contributed by atoms with van der Waals surface area (Å²) in [5.41, 5.74) is 2.09. The van der Waals surface area contributed by atoms with Gasteiger partial charge in [0, 0.05) is 19.0 Å². The maximum absolute atomic E-state index is 12.3. The molecule has 0 amide bonds. The molecule has 96 valence electrons. The fraction of sp³-hybridized carbons (Fsp3) is 0.417. The number of anilines is 1. The zero-order chi connectivity index (χ0) is 13.1. The molecule has 0 radical (unpaired) electrons. The lowest BCUT2D eigenvalue weighted by Crippen LogP contribution is -2.25. The summed E-state index contributed by atoms with van der Waals surface area (Å²) >= 11 is 1.49. The molecular formula is C12H16N4OS. The minimum Gasteiger partial charge on any atom is -0.365 e. The topological polar surface area (TPSA) is 59.8 Å². The van der Waals surface area contributed by atoms with Gasteiger partial charge in [0.25, 0.3) is 5.56 Å². The van der Waals surface area contributed by atoms with E-state index in [1.165, 1.54) is 16.0 Å². The number of hydrogen-bond donors (Lipinski definition) is 1. The lowest BCUT2D eigenvalue weighted by molar-refractivity contribution is 0.562. The van der Waals surface area contributed by atoms with Crippen LogP contribution in [0.4, 0.5) is 5.13 Å². The summed E-state index contributed by atoms with van der Waals surface area (Å²) in [7, 11) is 1.82.